The van der Waals surface area contributed by atoms with Crippen molar-refractivity contribution in [3.05, 3.63) is 71.3 Å². The van der Waals surface area contributed by atoms with Crippen molar-refractivity contribution in [2.45, 2.75) is 32.0 Å². The first-order valence-corrected chi connectivity index (χ1v) is 7.54. The number of halogens is 1. The molecule has 2 rings (SSSR count). The molecule has 0 radical (unpaired) electrons. The second kappa shape index (κ2) is 8.93. The number of benzene rings is 2. The molecule has 2 aromatic carbocycles. The SMILES string of the molecule is CCCc1ccccc1CBr.Cc1ccccc1. The normalized spacial score (nSPS) is 9.50. The summed E-state index contributed by atoms with van der Waals surface area (Å²) in [5, 5.41) is 0.975. The zero-order valence-corrected chi connectivity index (χ0v) is 12.8. The Bertz CT molecular complexity index is 434. The molecule has 0 aliphatic carbocycles. The fourth-order valence-electron chi connectivity index (χ4n) is 1.74. The van der Waals surface area contributed by atoms with Gasteiger partial charge in [-0.3, -0.25) is 0 Å². The molecular formula is C17H21Br. The maximum atomic E-state index is 3.48. The molecule has 0 aromatic heterocycles. The fourth-order valence-corrected chi connectivity index (χ4v) is 2.28. The second-order valence-corrected chi connectivity index (χ2v) is 4.87. The zero-order valence-electron chi connectivity index (χ0n) is 11.2. The van der Waals surface area contributed by atoms with Crippen molar-refractivity contribution in [2.75, 3.05) is 0 Å². The molecule has 18 heavy (non-hydrogen) atoms. The van der Waals surface area contributed by atoms with Crippen LogP contribution in [-0.2, 0) is 11.8 Å². The van der Waals surface area contributed by atoms with Crippen molar-refractivity contribution in [3.63, 3.8) is 0 Å². The predicted molar refractivity (Wildman–Crippen MR) is 84.2 cm³/mol. The average molecular weight is 305 g/mol. The largest absolute Gasteiger partial charge is 0.0876 e. The van der Waals surface area contributed by atoms with E-state index >= 15 is 0 Å². The summed E-state index contributed by atoms with van der Waals surface area (Å²) in [5.74, 6) is 0. The molecule has 0 nitrogen and oxygen atoms in total. The van der Waals surface area contributed by atoms with Gasteiger partial charge in [-0.1, -0.05) is 89.4 Å². The Kier molecular flexibility index (Phi) is 7.43. The first-order chi connectivity index (χ1) is 8.77. The van der Waals surface area contributed by atoms with Crippen molar-refractivity contribution in [1.29, 1.82) is 0 Å². The van der Waals surface area contributed by atoms with Gasteiger partial charge >= 0.3 is 0 Å². The Morgan fingerprint density at radius 3 is 1.83 bits per heavy atom. The molecule has 0 bridgehead atoms. The van der Waals surface area contributed by atoms with E-state index in [-0.39, 0.29) is 0 Å². The molecular weight excluding hydrogens is 284 g/mol. The molecule has 0 saturated heterocycles. The minimum atomic E-state index is 0.975. The zero-order chi connectivity index (χ0) is 13.2. The molecule has 0 fully saturated rings. The second-order valence-electron chi connectivity index (χ2n) is 4.31. The van der Waals surface area contributed by atoms with Crippen LogP contribution >= 0.6 is 15.9 Å². The lowest BCUT2D eigenvalue weighted by molar-refractivity contribution is 0.912. The highest BCUT2D eigenvalue weighted by Gasteiger charge is 1.96. The van der Waals surface area contributed by atoms with E-state index in [1.807, 2.05) is 18.2 Å². The Hall–Kier alpha value is -1.08. The summed E-state index contributed by atoms with van der Waals surface area (Å²) in [6.07, 6.45) is 2.42. The monoisotopic (exact) mass is 304 g/mol. The van der Waals surface area contributed by atoms with Crippen molar-refractivity contribution in [2.24, 2.45) is 0 Å². The number of rotatable bonds is 3. The van der Waals surface area contributed by atoms with E-state index in [2.05, 4.69) is 66.2 Å². The van der Waals surface area contributed by atoms with Crippen LogP contribution in [0.5, 0.6) is 0 Å². The van der Waals surface area contributed by atoms with Crippen LogP contribution in [0.15, 0.2) is 54.6 Å². The summed E-state index contributed by atoms with van der Waals surface area (Å²) in [7, 11) is 0. The first kappa shape index (κ1) is 15.0. The third-order valence-electron chi connectivity index (χ3n) is 2.72. The van der Waals surface area contributed by atoms with E-state index in [9.17, 15) is 0 Å². The lowest BCUT2D eigenvalue weighted by Gasteiger charge is -2.03. The van der Waals surface area contributed by atoms with Crippen LogP contribution in [-0.4, -0.2) is 0 Å². The molecule has 0 spiro atoms. The van der Waals surface area contributed by atoms with E-state index in [1.54, 1.807) is 0 Å². The molecule has 1 heteroatoms. The molecule has 0 amide bonds. The van der Waals surface area contributed by atoms with Crippen LogP contribution in [0, 0.1) is 6.92 Å². The third kappa shape index (κ3) is 5.50. The maximum Gasteiger partial charge on any atom is 0.0285 e. The van der Waals surface area contributed by atoms with Gasteiger partial charge in [0.05, 0.1) is 0 Å². The van der Waals surface area contributed by atoms with Crippen molar-refractivity contribution in [3.8, 4) is 0 Å². The summed E-state index contributed by atoms with van der Waals surface area (Å²) >= 11 is 3.48. The maximum absolute atomic E-state index is 3.48. The Morgan fingerprint density at radius 2 is 1.39 bits per heavy atom. The van der Waals surface area contributed by atoms with Crippen molar-refractivity contribution in [1.82, 2.24) is 0 Å². The van der Waals surface area contributed by atoms with Gasteiger partial charge in [0.2, 0.25) is 0 Å². The van der Waals surface area contributed by atoms with Crippen LogP contribution in [0.25, 0.3) is 0 Å². The van der Waals surface area contributed by atoms with Crippen molar-refractivity contribution >= 4 is 15.9 Å². The van der Waals surface area contributed by atoms with Crippen LogP contribution in [0.4, 0.5) is 0 Å². The van der Waals surface area contributed by atoms with Gasteiger partial charge in [0.25, 0.3) is 0 Å². The lowest BCUT2D eigenvalue weighted by Crippen LogP contribution is -1.89. The third-order valence-corrected chi connectivity index (χ3v) is 3.33. The smallest absolute Gasteiger partial charge is 0.0285 e. The summed E-state index contributed by atoms with van der Waals surface area (Å²) in [5.41, 5.74) is 4.23. The number of hydrogen-bond acceptors (Lipinski definition) is 0. The van der Waals surface area contributed by atoms with E-state index < -0.39 is 0 Å². The first-order valence-electron chi connectivity index (χ1n) is 6.42. The number of aryl methyl sites for hydroxylation is 2. The van der Waals surface area contributed by atoms with Gasteiger partial charge in [-0.2, -0.15) is 0 Å². The van der Waals surface area contributed by atoms with E-state index in [0.29, 0.717) is 0 Å². The molecule has 0 saturated carbocycles. The number of hydrogen-bond donors (Lipinski definition) is 0. The standard InChI is InChI=1S/C10H13Br.C7H8/c1-2-5-9-6-3-4-7-10(9)8-11;1-7-5-3-2-4-6-7/h3-4,6-7H,2,5,8H2,1H3;2-6H,1H3. The molecule has 0 N–H and O–H groups in total. The molecule has 0 aliphatic rings. The van der Waals surface area contributed by atoms with Crippen LogP contribution in [0.1, 0.15) is 30.0 Å². The molecule has 0 aliphatic heterocycles. The van der Waals surface area contributed by atoms with Gasteiger partial charge in [-0.25, -0.2) is 0 Å². The van der Waals surface area contributed by atoms with Crippen molar-refractivity contribution < 1.29 is 0 Å². The number of alkyl halides is 1. The van der Waals surface area contributed by atoms with Gasteiger partial charge in [-0.15, -0.1) is 0 Å². The van der Waals surface area contributed by atoms with E-state index in [0.717, 1.165) is 5.33 Å². The Labute approximate surface area is 119 Å². The van der Waals surface area contributed by atoms with E-state index in [4.69, 9.17) is 0 Å². The Balaban J connectivity index is 0.000000199. The predicted octanol–water partition coefficient (Wildman–Crippen LogP) is 5.53. The molecule has 96 valence electrons. The molecule has 0 atom stereocenters. The highest BCUT2D eigenvalue weighted by atomic mass is 79.9. The van der Waals surface area contributed by atoms with Crippen LogP contribution < -0.4 is 0 Å². The average Bonchev–Trinajstić information content (AvgIpc) is 2.41. The minimum Gasteiger partial charge on any atom is -0.0876 e. The highest BCUT2D eigenvalue weighted by Crippen LogP contribution is 2.13. The van der Waals surface area contributed by atoms with Gasteiger partial charge in [-0.05, 0) is 24.5 Å². The van der Waals surface area contributed by atoms with Crippen LogP contribution in [0.2, 0.25) is 0 Å². The summed E-state index contributed by atoms with van der Waals surface area (Å²) in [6.45, 7) is 4.30. The minimum absolute atomic E-state index is 0.975. The van der Waals surface area contributed by atoms with Crippen LogP contribution in [0.3, 0.4) is 0 Å². The summed E-state index contributed by atoms with van der Waals surface area (Å²) in [4.78, 5) is 0. The van der Waals surface area contributed by atoms with Gasteiger partial charge < -0.3 is 0 Å². The summed E-state index contributed by atoms with van der Waals surface area (Å²) in [6, 6.07) is 18.9. The molecule has 0 unspecified atom stereocenters. The van der Waals surface area contributed by atoms with Gasteiger partial charge in [0, 0.05) is 5.33 Å². The molecule has 0 heterocycles. The van der Waals surface area contributed by atoms with Gasteiger partial charge in [0.15, 0.2) is 0 Å². The Morgan fingerprint density at radius 1 is 0.833 bits per heavy atom. The fraction of sp³-hybridized carbons (Fsp3) is 0.294. The summed E-state index contributed by atoms with van der Waals surface area (Å²) < 4.78 is 0. The topological polar surface area (TPSA) is 0 Å². The van der Waals surface area contributed by atoms with Gasteiger partial charge in [0.1, 0.15) is 0 Å². The van der Waals surface area contributed by atoms with E-state index in [1.165, 1.54) is 29.5 Å². The quantitative estimate of drug-likeness (QED) is 0.654. The lowest BCUT2D eigenvalue weighted by atomic mass is 10.1. The molecule has 2 aromatic rings. The highest BCUT2D eigenvalue weighted by molar-refractivity contribution is 9.08.